The SMILES string of the molecule is CCCCCCN=CCOc1ccc(C2=C(C(=O)c3ccccc3)CCc3ccc(OCCCC)cc32)cc1. The number of hydrogen-bond acceptors (Lipinski definition) is 4. The highest BCUT2D eigenvalue weighted by atomic mass is 16.5. The lowest BCUT2D eigenvalue weighted by atomic mass is 9.79. The van der Waals surface area contributed by atoms with Gasteiger partial charge in [-0.15, -0.1) is 0 Å². The van der Waals surface area contributed by atoms with Crippen LogP contribution in [0.4, 0.5) is 0 Å². The third-order valence-corrected chi connectivity index (χ3v) is 7.11. The molecule has 1 aliphatic rings. The molecule has 4 nitrogen and oxygen atoms in total. The van der Waals surface area contributed by atoms with Gasteiger partial charge in [0.25, 0.3) is 0 Å². The number of fused-ring (bicyclic) bond motifs is 1. The van der Waals surface area contributed by atoms with Crippen molar-refractivity contribution in [3.63, 3.8) is 0 Å². The maximum atomic E-state index is 13.7. The second-order valence-electron chi connectivity index (χ2n) is 10.1. The van der Waals surface area contributed by atoms with Crippen LogP contribution in [-0.4, -0.2) is 31.8 Å². The summed E-state index contributed by atoms with van der Waals surface area (Å²) in [6, 6.07) is 24.0. The Morgan fingerprint density at radius 3 is 2.36 bits per heavy atom. The van der Waals surface area contributed by atoms with Gasteiger partial charge in [-0.3, -0.25) is 9.79 Å². The van der Waals surface area contributed by atoms with E-state index in [-0.39, 0.29) is 5.78 Å². The number of allylic oxidation sites excluding steroid dienone is 1. The Kier molecular flexibility index (Phi) is 10.9. The van der Waals surface area contributed by atoms with Crippen molar-refractivity contribution in [2.45, 2.75) is 65.2 Å². The molecule has 0 unspecified atom stereocenters. The minimum atomic E-state index is 0.0871. The van der Waals surface area contributed by atoms with Crippen molar-refractivity contribution in [3.05, 3.63) is 101 Å². The molecule has 39 heavy (non-hydrogen) atoms. The fourth-order valence-corrected chi connectivity index (χ4v) is 4.92. The maximum Gasteiger partial charge on any atom is 0.189 e. The number of aryl methyl sites for hydroxylation is 1. The zero-order valence-electron chi connectivity index (χ0n) is 23.5. The predicted molar refractivity (Wildman–Crippen MR) is 161 cm³/mol. The highest BCUT2D eigenvalue weighted by Crippen LogP contribution is 2.39. The molecule has 0 fully saturated rings. The highest BCUT2D eigenvalue weighted by Gasteiger charge is 2.26. The van der Waals surface area contributed by atoms with E-state index in [4.69, 9.17) is 9.47 Å². The molecule has 0 saturated heterocycles. The monoisotopic (exact) mass is 523 g/mol. The molecule has 4 rings (SSSR count). The lowest BCUT2D eigenvalue weighted by molar-refractivity contribution is 0.103. The number of ketones is 1. The lowest BCUT2D eigenvalue weighted by Crippen LogP contribution is -2.14. The summed E-state index contributed by atoms with van der Waals surface area (Å²) >= 11 is 0. The molecule has 0 amide bonds. The first-order valence-corrected chi connectivity index (χ1v) is 14.5. The first-order chi connectivity index (χ1) is 19.2. The Hall–Kier alpha value is -3.66. The van der Waals surface area contributed by atoms with E-state index < -0.39 is 0 Å². The normalized spacial score (nSPS) is 13.0. The van der Waals surface area contributed by atoms with Crippen LogP contribution >= 0.6 is 0 Å². The number of unbranched alkanes of at least 4 members (excludes halogenated alkanes) is 4. The number of Topliss-reactive ketones (excluding diaryl/α,β-unsaturated/α-hetero) is 1. The Balaban J connectivity index is 1.58. The lowest BCUT2D eigenvalue weighted by Gasteiger charge is -2.24. The average molecular weight is 524 g/mol. The number of nitrogens with zero attached hydrogens (tertiary/aromatic N) is 1. The van der Waals surface area contributed by atoms with Crippen LogP contribution in [0, 0.1) is 0 Å². The van der Waals surface area contributed by atoms with Crippen LogP contribution in [0.3, 0.4) is 0 Å². The molecule has 4 heteroatoms. The van der Waals surface area contributed by atoms with Gasteiger partial charge >= 0.3 is 0 Å². The van der Waals surface area contributed by atoms with Crippen LogP contribution in [0.25, 0.3) is 5.57 Å². The number of carbonyl (C=O) groups is 1. The van der Waals surface area contributed by atoms with Crippen LogP contribution in [0.15, 0.2) is 83.4 Å². The fraction of sp³-hybridized carbons (Fsp3) is 0.371. The fourth-order valence-electron chi connectivity index (χ4n) is 4.92. The van der Waals surface area contributed by atoms with Crippen LogP contribution in [0.2, 0.25) is 0 Å². The molecule has 0 atom stereocenters. The topological polar surface area (TPSA) is 47.9 Å². The zero-order chi connectivity index (χ0) is 27.3. The van der Waals surface area contributed by atoms with Crippen LogP contribution in [-0.2, 0) is 6.42 Å². The van der Waals surface area contributed by atoms with Crippen molar-refractivity contribution in [2.75, 3.05) is 19.8 Å². The number of rotatable bonds is 15. The summed E-state index contributed by atoms with van der Waals surface area (Å²) in [4.78, 5) is 18.2. The Morgan fingerprint density at radius 1 is 0.821 bits per heavy atom. The van der Waals surface area contributed by atoms with Gasteiger partial charge in [-0.25, -0.2) is 0 Å². The van der Waals surface area contributed by atoms with Gasteiger partial charge in [0.05, 0.1) is 6.61 Å². The molecule has 3 aromatic rings. The molecule has 0 saturated carbocycles. The summed E-state index contributed by atoms with van der Waals surface area (Å²) in [5, 5.41) is 0. The molecular weight excluding hydrogens is 482 g/mol. The summed E-state index contributed by atoms with van der Waals surface area (Å²) in [5.74, 6) is 1.73. The van der Waals surface area contributed by atoms with Crippen molar-refractivity contribution in [1.29, 1.82) is 0 Å². The van der Waals surface area contributed by atoms with Crippen molar-refractivity contribution < 1.29 is 14.3 Å². The van der Waals surface area contributed by atoms with E-state index in [1.54, 1.807) is 0 Å². The average Bonchev–Trinajstić information content (AvgIpc) is 2.98. The number of benzene rings is 3. The van der Waals surface area contributed by atoms with Crippen LogP contribution < -0.4 is 9.47 Å². The number of ether oxygens (including phenoxy) is 2. The number of carbonyl (C=O) groups excluding carboxylic acids is 1. The minimum absolute atomic E-state index is 0.0871. The third-order valence-electron chi connectivity index (χ3n) is 7.11. The first-order valence-electron chi connectivity index (χ1n) is 14.5. The molecule has 0 aromatic heterocycles. The van der Waals surface area contributed by atoms with E-state index in [9.17, 15) is 4.79 Å². The molecule has 0 radical (unpaired) electrons. The molecular formula is C35H41NO3. The van der Waals surface area contributed by atoms with Gasteiger partial charge in [0.1, 0.15) is 18.1 Å². The van der Waals surface area contributed by atoms with Gasteiger partial charge in [-0.1, -0.05) is 88.1 Å². The van der Waals surface area contributed by atoms with Crippen molar-refractivity contribution >= 4 is 17.6 Å². The summed E-state index contributed by atoms with van der Waals surface area (Å²) in [7, 11) is 0. The van der Waals surface area contributed by atoms with Gasteiger partial charge in [0, 0.05) is 23.9 Å². The predicted octanol–water partition coefficient (Wildman–Crippen LogP) is 8.53. The van der Waals surface area contributed by atoms with Crippen molar-refractivity contribution in [1.82, 2.24) is 0 Å². The molecule has 0 bridgehead atoms. The maximum absolute atomic E-state index is 13.7. The Bertz CT molecular complexity index is 1260. The molecule has 0 spiro atoms. The van der Waals surface area contributed by atoms with Crippen molar-refractivity contribution in [3.8, 4) is 11.5 Å². The van der Waals surface area contributed by atoms with Crippen LogP contribution in [0.5, 0.6) is 11.5 Å². The standard InChI is InChI=1S/C35H41NO3/c1-3-5-7-11-22-36-23-25-39-30-18-15-28(16-19-30)34-32(35(37)29-12-9-8-10-13-29)21-17-27-14-20-31(26-33(27)34)38-24-6-4-2/h8-10,12-16,18-20,23,26H,3-7,11,17,21-22,24-25H2,1-2H3. The zero-order valence-corrected chi connectivity index (χ0v) is 23.5. The quantitative estimate of drug-likeness (QED) is 0.114. The summed E-state index contributed by atoms with van der Waals surface area (Å²) < 4.78 is 12.0. The van der Waals surface area contributed by atoms with Gasteiger partial charge < -0.3 is 9.47 Å². The van der Waals surface area contributed by atoms with E-state index in [0.717, 1.165) is 71.6 Å². The van der Waals surface area contributed by atoms with Crippen molar-refractivity contribution in [2.24, 2.45) is 4.99 Å². The smallest absolute Gasteiger partial charge is 0.189 e. The van der Waals surface area contributed by atoms with E-state index in [0.29, 0.717) is 19.6 Å². The van der Waals surface area contributed by atoms with E-state index in [1.165, 1.54) is 24.8 Å². The van der Waals surface area contributed by atoms with Gasteiger partial charge in [0.2, 0.25) is 0 Å². The number of aliphatic imine (C=N–C) groups is 1. The largest absolute Gasteiger partial charge is 0.494 e. The molecule has 0 N–H and O–H groups in total. The molecule has 1 aliphatic carbocycles. The number of hydrogen-bond donors (Lipinski definition) is 0. The van der Waals surface area contributed by atoms with Gasteiger partial charge in [-0.05, 0) is 72.2 Å². The third kappa shape index (κ3) is 7.92. The Morgan fingerprint density at radius 2 is 1.59 bits per heavy atom. The second kappa shape index (κ2) is 15.1. The summed E-state index contributed by atoms with van der Waals surface area (Å²) in [5.41, 5.74) is 5.90. The van der Waals surface area contributed by atoms with E-state index in [1.807, 2.05) is 48.7 Å². The van der Waals surface area contributed by atoms with Crippen LogP contribution in [0.1, 0.15) is 85.8 Å². The highest BCUT2D eigenvalue weighted by molar-refractivity contribution is 6.15. The van der Waals surface area contributed by atoms with Gasteiger partial charge in [0.15, 0.2) is 5.78 Å². The minimum Gasteiger partial charge on any atom is -0.494 e. The molecule has 0 heterocycles. The van der Waals surface area contributed by atoms with Gasteiger partial charge in [-0.2, -0.15) is 0 Å². The Labute approximate surface area is 233 Å². The molecule has 3 aromatic carbocycles. The first kappa shape index (κ1) is 28.4. The summed E-state index contributed by atoms with van der Waals surface area (Å²) in [6.45, 7) is 6.38. The van der Waals surface area contributed by atoms with E-state index in [2.05, 4.69) is 49.2 Å². The summed E-state index contributed by atoms with van der Waals surface area (Å²) in [6.07, 6.45) is 10.4. The second-order valence-corrected chi connectivity index (χ2v) is 10.1. The van der Waals surface area contributed by atoms with E-state index >= 15 is 0 Å². The molecule has 204 valence electrons. The molecule has 0 aliphatic heterocycles.